The molecule has 94 valence electrons. The third-order valence-electron chi connectivity index (χ3n) is 3.73. The molecule has 1 aromatic heterocycles. The second-order valence-corrected chi connectivity index (χ2v) is 5.57. The summed E-state index contributed by atoms with van der Waals surface area (Å²) in [4.78, 5) is 0. The Kier molecular flexibility index (Phi) is 2.31. The minimum Gasteiger partial charge on any atom is -0.382 e. The highest BCUT2D eigenvalue weighted by Crippen LogP contribution is 2.36. The summed E-state index contributed by atoms with van der Waals surface area (Å²) in [5, 5.41) is 8.76. The van der Waals surface area contributed by atoms with Gasteiger partial charge in [0, 0.05) is 0 Å². The van der Waals surface area contributed by atoms with Crippen LogP contribution in [0.4, 0.5) is 0 Å². The molecule has 0 amide bonds. The van der Waals surface area contributed by atoms with Gasteiger partial charge in [-0.1, -0.05) is 12.1 Å². The molecule has 18 heavy (non-hydrogen) atoms. The lowest BCUT2D eigenvalue weighted by Gasteiger charge is -2.31. The van der Waals surface area contributed by atoms with E-state index in [1.54, 1.807) is 0 Å². The fraction of sp³-hybridized carbons (Fsp3) is 0.500. The van der Waals surface area contributed by atoms with E-state index in [0.29, 0.717) is 0 Å². The minimum atomic E-state index is -0.567. The molecule has 0 radical (unpaired) electrons. The Labute approximate surface area is 106 Å². The predicted molar refractivity (Wildman–Crippen MR) is 69.0 cm³/mol. The normalized spacial score (nSPS) is 21.7. The van der Waals surface area contributed by atoms with Gasteiger partial charge in [0.2, 0.25) is 0 Å². The molecule has 0 unspecified atom stereocenters. The number of benzene rings is 1. The largest absolute Gasteiger partial charge is 0.633 e. The van der Waals surface area contributed by atoms with Crippen LogP contribution in [0.15, 0.2) is 24.3 Å². The number of nitrogens with zero attached hydrogens (tertiary/aromatic N) is 3. The second-order valence-electron chi connectivity index (χ2n) is 5.57. The molecule has 0 saturated carbocycles. The minimum absolute atomic E-state index is 0.377. The molecule has 3 rings (SSSR count). The van der Waals surface area contributed by atoms with E-state index in [1.165, 1.54) is 4.71 Å². The Bertz CT molecular complexity index is 545. The van der Waals surface area contributed by atoms with Gasteiger partial charge < -0.3 is 9.31 Å². The van der Waals surface area contributed by atoms with Gasteiger partial charge in [0.25, 0.3) is 0 Å². The molecular formula is C12H16BN3O2. The number of hydrogen-bond acceptors (Lipinski definition) is 4. The van der Waals surface area contributed by atoms with Crippen molar-refractivity contribution in [1.82, 2.24) is 14.9 Å². The fourth-order valence-electron chi connectivity index (χ4n) is 1.88. The van der Waals surface area contributed by atoms with E-state index in [9.17, 15) is 0 Å². The summed E-state index contributed by atoms with van der Waals surface area (Å²) in [7, 11) is -0.567. The third-order valence-corrected chi connectivity index (χ3v) is 3.73. The molecule has 0 atom stereocenters. The molecule has 1 aliphatic heterocycles. The molecule has 0 spiro atoms. The first-order valence-corrected chi connectivity index (χ1v) is 6.06. The van der Waals surface area contributed by atoms with Crippen molar-refractivity contribution >= 4 is 18.3 Å². The van der Waals surface area contributed by atoms with Crippen molar-refractivity contribution in [1.29, 1.82) is 0 Å². The van der Waals surface area contributed by atoms with E-state index < -0.39 is 7.25 Å². The molecule has 1 aromatic carbocycles. The average molecular weight is 245 g/mol. The Balaban J connectivity index is 1.97. The van der Waals surface area contributed by atoms with Crippen molar-refractivity contribution in [2.75, 3.05) is 0 Å². The maximum Gasteiger partial charge on any atom is 0.633 e. The van der Waals surface area contributed by atoms with Gasteiger partial charge in [0.15, 0.2) is 0 Å². The van der Waals surface area contributed by atoms with Crippen LogP contribution < -0.4 is 0 Å². The van der Waals surface area contributed by atoms with E-state index in [-0.39, 0.29) is 11.2 Å². The van der Waals surface area contributed by atoms with Gasteiger partial charge in [-0.05, 0) is 39.8 Å². The second kappa shape index (κ2) is 3.55. The van der Waals surface area contributed by atoms with E-state index in [2.05, 4.69) is 10.2 Å². The molecule has 5 nitrogen and oxygen atoms in total. The van der Waals surface area contributed by atoms with Crippen LogP contribution in [0.3, 0.4) is 0 Å². The maximum absolute atomic E-state index is 5.90. The molecule has 0 N–H and O–H groups in total. The number of rotatable bonds is 1. The highest BCUT2D eigenvalue weighted by atomic mass is 16.7. The van der Waals surface area contributed by atoms with Crippen LogP contribution in [0, 0.1) is 0 Å². The molecule has 1 saturated heterocycles. The lowest BCUT2D eigenvalue weighted by molar-refractivity contribution is 0.00578. The first-order chi connectivity index (χ1) is 8.39. The zero-order chi connectivity index (χ0) is 13.0. The van der Waals surface area contributed by atoms with E-state index in [0.717, 1.165) is 11.0 Å². The van der Waals surface area contributed by atoms with Crippen molar-refractivity contribution in [3.63, 3.8) is 0 Å². The van der Waals surface area contributed by atoms with Crippen LogP contribution in [-0.4, -0.2) is 33.4 Å². The zero-order valence-electron chi connectivity index (χ0n) is 11.0. The molecule has 2 aromatic rings. The highest BCUT2D eigenvalue weighted by Gasteiger charge is 2.53. The Morgan fingerprint density at radius 2 is 1.39 bits per heavy atom. The standard InChI is InChI=1S/C12H16BN3O2/c1-11(2)12(3,4)18-13(17-11)16-14-9-7-5-6-8-10(9)15-16/h5-8H,1-4H3. The Morgan fingerprint density at radius 1 is 0.944 bits per heavy atom. The topological polar surface area (TPSA) is 49.2 Å². The summed E-state index contributed by atoms with van der Waals surface area (Å²) in [6.07, 6.45) is 0. The molecular weight excluding hydrogens is 229 g/mol. The first-order valence-electron chi connectivity index (χ1n) is 6.06. The van der Waals surface area contributed by atoms with E-state index >= 15 is 0 Å². The van der Waals surface area contributed by atoms with Gasteiger partial charge in [-0.3, -0.25) is 0 Å². The number of hydrogen-bond donors (Lipinski definition) is 0. The van der Waals surface area contributed by atoms with Gasteiger partial charge in [0.05, 0.1) is 11.2 Å². The van der Waals surface area contributed by atoms with Crippen LogP contribution in [0.25, 0.3) is 11.0 Å². The van der Waals surface area contributed by atoms with Gasteiger partial charge in [0.1, 0.15) is 11.0 Å². The van der Waals surface area contributed by atoms with Gasteiger partial charge in [-0.2, -0.15) is 14.9 Å². The van der Waals surface area contributed by atoms with Crippen LogP contribution in [0.1, 0.15) is 27.7 Å². The van der Waals surface area contributed by atoms with Gasteiger partial charge in [-0.15, -0.1) is 0 Å². The molecule has 1 aliphatic rings. The summed E-state index contributed by atoms with van der Waals surface area (Å²) in [5.41, 5.74) is 0.925. The molecule has 2 heterocycles. The summed E-state index contributed by atoms with van der Waals surface area (Å²) >= 11 is 0. The van der Waals surface area contributed by atoms with Crippen LogP contribution in [0.5, 0.6) is 0 Å². The number of aromatic nitrogens is 3. The van der Waals surface area contributed by atoms with Crippen molar-refractivity contribution in [3.8, 4) is 0 Å². The molecule has 0 bridgehead atoms. The van der Waals surface area contributed by atoms with Gasteiger partial charge >= 0.3 is 7.25 Å². The third kappa shape index (κ3) is 1.64. The summed E-state index contributed by atoms with van der Waals surface area (Å²) in [6.45, 7) is 8.04. The predicted octanol–water partition coefficient (Wildman–Crippen LogP) is 1.87. The quantitative estimate of drug-likeness (QED) is 0.719. The van der Waals surface area contributed by atoms with Crippen molar-refractivity contribution in [2.24, 2.45) is 0 Å². The monoisotopic (exact) mass is 245 g/mol. The van der Waals surface area contributed by atoms with E-state index in [4.69, 9.17) is 9.31 Å². The average Bonchev–Trinajstić information content (AvgIpc) is 2.78. The van der Waals surface area contributed by atoms with Crippen molar-refractivity contribution < 1.29 is 9.31 Å². The van der Waals surface area contributed by atoms with Crippen molar-refractivity contribution in [2.45, 2.75) is 38.9 Å². The summed E-state index contributed by atoms with van der Waals surface area (Å²) in [6, 6.07) is 7.71. The number of fused-ring (bicyclic) bond motifs is 1. The molecule has 6 heteroatoms. The van der Waals surface area contributed by atoms with Crippen molar-refractivity contribution in [3.05, 3.63) is 24.3 Å². The maximum atomic E-state index is 5.90. The summed E-state index contributed by atoms with van der Waals surface area (Å²) in [5.74, 6) is 0. The first kappa shape index (κ1) is 11.7. The Morgan fingerprint density at radius 3 is 1.83 bits per heavy atom. The summed E-state index contributed by atoms with van der Waals surface area (Å²) < 4.78 is 13.3. The highest BCUT2D eigenvalue weighted by molar-refractivity contribution is 6.43. The van der Waals surface area contributed by atoms with E-state index in [1.807, 2.05) is 52.0 Å². The SMILES string of the molecule is CC1(C)OB(n2nc3ccccc3n2)OC1(C)C. The fourth-order valence-corrected chi connectivity index (χ4v) is 1.88. The van der Waals surface area contributed by atoms with Crippen LogP contribution in [0.2, 0.25) is 0 Å². The molecule has 1 fully saturated rings. The smallest absolute Gasteiger partial charge is 0.382 e. The lowest BCUT2D eigenvalue weighted by Crippen LogP contribution is -2.41. The van der Waals surface area contributed by atoms with Crippen LogP contribution >= 0.6 is 0 Å². The van der Waals surface area contributed by atoms with Gasteiger partial charge in [-0.25, -0.2) is 0 Å². The molecule has 0 aliphatic carbocycles. The Hall–Kier alpha value is -1.40. The lowest BCUT2D eigenvalue weighted by atomic mass is 9.90. The zero-order valence-corrected chi connectivity index (χ0v) is 11.0. The van der Waals surface area contributed by atoms with Crippen LogP contribution in [-0.2, 0) is 9.31 Å².